The molecule has 5 aromatic carbocycles. The predicted octanol–water partition coefficient (Wildman–Crippen LogP) is 8.13. The van der Waals surface area contributed by atoms with Crippen molar-refractivity contribution >= 4 is 11.3 Å². The van der Waals surface area contributed by atoms with Crippen molar-refractivity contribution in [3.63, 3.8) is 0 Å². The van der Waals surface area contributed by atoms with Crippen LogP contribution in [0, 0.1) is 0 Å². The lowest BCUT2D eigenvalue weighted by Crippen LogP contribution is -2.60. The molecule has 1 fully saturated rings. The van der Waals surface area contributed by atoms with E-state index in [-0.39, 0.29) is 10.8 Å². The first-order valence-electron chi connectivity index (χ1n) is 14.3. The zero-order valence-corrected chi connectivity index (χ0v) is 22.3. The predicted molar refractivity (Wildman–Crippen MR) is 161 cm³/mol. The largest absolute Gasteiger partial charge is 0.350 e. The second-order valence-electron chi connectivity index (χ2n) is 11.6. The minimum atomic E-state index is -0.640. The van der Waals surface area contributed by atoms with Gasteiger partial charge in [-0.1, -0.05) is 133 Å². The molecular formula is C38H29NO. The molecule has 0 bridgehead atoms. The van der Waals surface area contributed by atoms with Crippen LogP contribution in [0.3, 0.4) is 0 Å². The highest BCUT2D eigenvalue weighted by Crippen LogP contribution is 2.77. The van der Waals surface area contributed by atoms with Crippen molar-refractivity contribution in [1.82, 2.24) is 0 Å². The molecule has 0 N–H and O–H groups in total. The van der Waals surface area contributed by atoms with Gasteiger partial charge in [-0.3, -0.25) is 0 Å². The molecule has 1 saturated heterocycles. The van der Waals surface area contributed by atoms with Crippen molar-refractivity contribution in [2.75, 3.05) is 11.5 Å². The van der Waals surface area contributed by atoms with Crippen LogP contribution in [0.15, 0.2) is 140 Å². The van der Waals surface area contributed by atoms with Gasteiger partial charge >= 0.3 is 0 Å². The monoisotopic (exact) mass is 515 g/mol. The quantitative estimate of drug-likeness (QED) is 0.241. The molecule has 2 atom stereocenters. The van der Waals surface area contributed by atoms with Gasteiger partial charge in [0.25, 0.3) is 0 Å². The summed E-state index contributed by atoms with van der Waals surface area (Å²) in [4.78, 5) is 2.60. The van der Waals surface area contributed by atoms with E-state index < -0.39 is 5.72 Å². The van der Waals surface area contributed by atoms with Crippen molar-refractivity contribution in [1.29, 1.82) is 0 Å². The third-order valence-electron chi connectivity index (χ3n) is 10.1. The number of allylic oxidation sites excluding steroid dienone is 1. The van der Waals surface area contributed by atoms with Crippen LogP contribution in [0.4, 0.5) is 5.69 Å². The van der Waals surface area contributed by atoms with E-state index >= 15 is 0 Å². The molecule has 2 aliphatic heterocycles. The van der Waals surface area contributed by atoms with Gasteiger partial charge < -0.3 is 9.64 Å². The lowest BCUT2D eigenvalue weighted by atomic mass is 9.55. The summed E-state index contributed by atoms with van der Waals surface area (Å²) in [7, 11) is 0. The fourth-order valence-corrected chi connectivity index (χ4v) is 8.82. The second-order valence-corrected chi connectivity index (χ2v) is 11.6. The lowest BCUT2D eigenvalue weighted by molar-refractivity contribution is 0.0181. The molecule has 0 aromatic heterocycles. The molecule has 2 heteroatoms. The molecule has 2 nitrogen and oxygen atoms in total. The zero-order valence-electron chi connectivity index (χ0n) is 22.3. The van der Waals surface area contributed by atoms with E-state index in [1.165, 1.54) is 50.2 Å². The van der Waals surface area contributed by atoms with Gasteiger partial charge in [-0.2, -0.15) is 0 Å². The highest BCUT2D eigenvalue weighted by atomic mass is 16.5. The van der Waals surface area contributed by atoms with Gasteiger partial charge in [0, 0.05) is 17.8 Å². The molecule has 0 unspecified atom stereocenters. The van der Waals surface area contributed by atoms with Gasteiger partial charge in [-0.05, 0) is 51.4 Å². The number of benzene rings is 5. The third-order valence-corrected chi connectivity index (χ3v) is 10.1. The van der Waals surface area contributed by atoms with E-state index in [2.05, 4.69) is 144 Å². The van der Waals surface area contributed by atoms with E-state index in [0.717, 1.165) is 19.6 Å². The number of fused-ring (bicyclic) bond motifs is 6. The summed E-state index contributed by atoms with van der Waals surface area (Å²) in [6.45, 7) is 1.50. The van der Waals surface area contributed by atoms with Crippen molar-refractivity contribution in [3.8, 4) is 11.1 Å². The normalized spacial score (nSPS) is 24.3. The van der Waals surface area contributed by atoms with E-state index in [0.29, 0.717) is 0 Å². The first kappa shape index (κ1) is 22.4. The van der Waals surface area contributed by atoms with Crippen molar-refractivity contribution in [2.45, 2.75) is 29.5 Å². The number of para-hydroxylation sites is 1. The number of hydrogen-bond acceptors (Lipinski definition) is 2. The van der Waals surface area contributed by atoms with Crippen LogP contribution in [0.5, 0.6) is 0 Å². The first-order chi connectivity index (χ1) is 19.8. The summed E-state index contributed by atoms with van der Waals surface area (Å²) in [5.41, 5.74) is 10.7. The van der Waals surface area contributed by atoms with E-state index in [1.807, 2.05) is 0 Å². The van der Waals surface area contributed by atoms with Gasteiger partial charge in [-0.15, -0.1) is 0 Å². The van der Waals surface area contributed by atoms with Crippen LogP contribution in [-0.2, 0) is 22.1 Å². The summed E-state index contributed by atoms with van der Waals surface area (Å²) in [6, 6.07) is 49.1. The molecule has 192 valence electrons. The summed E-state index contributed by atoms with van der Waals surface area (Å²) in [6.07, 6.45) is 3.56. The molecule has 1 spiro atoms. The third kappa shape index (κ3) is 2.41. The second kappa shape index (κ2) is 7.84. The smallest absolute Gasteiger partial charge is 0.179 e. The molecule has 2 heterocycles. The molecular weight excluding hydrogens is 486 g/mol. The molecule has 0 radical (unpaired) electrons. The lowest BCUT2D eigenvalue weighted by Gasteiger charge is -2.49. The first-order valence-corrected chi connectivity index (χ1v) is 14.3. The zero-order chi connectivity index (χ0) is 26.4. The SMILES string of the molecule is C1=C(c2ccccc2)[C@@]23OCC[C@@]2(c2ccccc2N3Cc2ccccc2)C12c1ccccc1-c1ccccc12. The van der Waals surface area contributed by atoms with Crippen LogP contribution in [0.25, 0.3) is 16.7 Å². The Hall–Kier alpha value is -4.40. The molecule has 0 amide bonds. The Kier molecular flexibility index (Phi) is 4.39. The maximum absolute atomic E-state index is 7.29. The highest BCUT2D eigenvalue weighted by Gasteiger charge is 2.79. The molecule has 9 rings (SSSR count). The van der Waals surface area contributed by atoms with Gasteiger partial charge in [-0.25, -0.2) is 0 Å². The Bertz CT molecular complexity index is 1780. The Morgan fingerprint density at radius 2 is 1.18 bits per heavy atom. The van der Waals surface area contributed by atoms with E-state index in [4.69, 9.17) is 4.74 Å². The summed E-state index contributed by atoms with van der Waals surface area (Å²) < 4.78 is 7.29. The number of nitrogens with zero attached hydrogens (tertiary/aromatic N) is 1. The van der Waals surface area contributed by atoms with Gasteiger partial charge in [0.2, 0.25) is 0 Å². The van der Waals surface area contributed by atoms with Crippen LogP contribution >= 0.6 is 0 Å². The average molecular weight is 516 g/mol. The van der Waals surface area contributed by atoms with Crippen LogP contribution < -0.4 is 4.90 Å². The van der Waals surface area contributed by atoms with Crippen LogP contribution in [0.2, 0.25) is 0 Å². The van der Waals surface area contributed by atoms with Crippen molar-refractivity contribution < 1.29 is 4.74 Å². The Morgan fingerprint density at radius 1 is 0.600 bits per heavy atom. The minimum absolute atomic E-state index is 0.320. The summed E-state index contributed by atoms with van der Waals surface area (Å²) in [5.74, 6) is 0. The Morgan fingerprint density at radius 3 is 1.88 bits per heavy atom. The minimum Gasteiger partial charge on any atom is -0.350 e. The number of ether oxygens (including phenoxy) is 1. The highest BCUT2D eigenvalue weighted by molar-refractivity contribution is 5.96. The van der Waals surface area contributed by atoms with Crippen molar-refractivity contribution in [3.05, 3.63) is 167 Å². The molecule has 4 aliphatic rings. The van der Waals surface area contributed by atoms with Crippen LogP contribution in [0.1, 0.15) is 34.2 Å². The Labute approximate surface area is 235 Å². The fraction of sp³-hybridized carbons (Fsp3) is 0.158. The van der Waals surface area contributed by atoms with E-state index in [1.54, 1.807) is 0 Å². The van der Waals surface area contributed by atoms with Gasteiger partial charge in [0.05, 0.1) is 17.4 Å². The molecule has 0 saturated carbocycles. The fourth-order valence-electron chi connectivity index (χ4n) is 8.82. The van der Waals surface area contributed by atoms with Crippen LogP contribution in [-0.4, -0.2) is 12.3 Å². The van der Waals surface area contributed by atoms with Crippen molar-refractivity contribution in [2.24, 2.45) is 0 Å². The maximum atomic E-state index is 7.29. The number of rotatable bonds is 3. The average Bonchev–Trinajstić information content (AvgIpc) is 3.69. The van der Waals surface area contributed by atoms with E-state index in [9.17, 15) is 0 Å². The topological polar surface area (TPSA) is 12.5 Å². The number of hydrogen-bond donors (Lipinski definition) is 0. The summed E-state index contributed by atoms with van der Waals surface area (Å²) in [5, 5.41) is 0. The van der Waals surface area contributed by atoms with Gasteiger partial charge in [0.15, 0.2) is 5.72 Å². The molecule has 2 aliphatic carbocycles. The molecule has 5 aromatic rings. The standard InChI is InChI=1S/C38H29NO/c1-3-13-27(14-4-1)26-39-35-22-12-11-21-33(35)37-23-24-40-38(37,39)34(28-15-5-2-6-16-28)25-36(37)31-19-9-7-17-29(31)30-18-8-10-20-32(30)36/h1-22,25H,23-24,26H2/t37-,38-/m1/s1. The number of anilines is 1. The van der Waals surface area contributed by atoms with Gasteiger partial charge in [0.1, 0.15) is 0 Å². The Balaban J connectivity index is 1.44. The molecule has 40 heavy (non-hydrogen) atoms. The maximum Gasteiger partial charge on any atom is 0.179 e. The summed E-state index contributed by atoms with van der Waals surface area (Å²) >= 11 is 0.